The van der Waals surface area contributed by atoms with Gasteiger partial charge in [-0.05, 0) is 91.5 Å². The molecule has 2 N–H and O–H groups in total. The van der Waals surface area contributed by atoms with Gasteiger partial charge in [-0.2, -0.15) is 5.26 Å². The number of hydrogen-bond acceptors (Lipinski definition) is 7. The molecule has 3 aromatic carbocycles. The molecule has 2 amide bonds. The maximum absolute atomic E-state index is 14.1. The summed E-state index contributed by atoms with van der Waals surface area (Å²) in [6, 6.07) is 18.9. The standard InChI is InChI=1S/C44H53N3O6/c1-6-29-16-15-28(2)38(41(49)46-27-43(3)19-10-20-43)39(29)47-40(48)35-24-36(32(25-45)23-37(35)51-5)53-33-17-21-44(4,22-18-33)42(50)52-26-31-13-9-12-30-11-7-8-14-34(30)31/h7-9,11-16,23-24,28-29,33,38-39H,6,10,17-22,26-27H2,1-5H3,(H,46,49)(H,47,48)/t28-,29+,33-,38+,39-,44+/m1/s1. The Morgan fingerprint density at radius 1 is 0.962 bits per heavy atom. The first-order valence-corrected chi connectivity index (χ1v) is 19.2. The summed E-state index contributed by atoms with van der Waals surface area (Å²) in [6.07, 6.45) is 10.4. The fourth-order valence-electron chi connectivity index (χ4n) is 8.30. The molecule has 280 valence electrons. The number of nitrogens with zero attached hydrogens (tertiary/aromatic N) is 1. The molecular weight excluding hydrogens is 666 g/mol. The summed E-state index contributed by atoms with van der Waals surface area (Å²) in [5, 5.41) is 18.6. The first-order valence-electron chi connectivity index (χ1n) is 19.2. The Labute approximate surface area is 313 Å². The third-order valence-electron chi connectivity index (χ3n) is 12.1. The molecule has 0 unspecified atom stereocenters. The van der Waals surface area contributed by atoms with Gasteiger partial charge < -0.3 is 24.8 Å². The number of esters is 1. The van der Waals surface area contributed by atoms with Crippen molar-refractivity contribution < 1.29 is 28.6 Å². The van der Waals surface area contributed by atoms with Crippen molar-refractivity contribution in [1.82, 2.24) is 10.6 Å². The zero-order valence-electron chi connectivity index (χ0n) is 31.7. The van der Waals surface area contributed by atoms with Gasteiger partial charge in [-0.1, -0.05) is 81.8 Å². The van der Waals surface area contributed by atoms with Gasteiger partial charge in [-0.3, -0.25) is 14.4 Å². The van der Waals surface area contributed by atoms with Crippen LogP contribution in [0.4, 0.5) is 0 Å². The Hall–Kier alpha value is -4.84. The number of carbonyl (C=O) groups excluding carboxylic acids is 3. The Balaban J connectivity index is 1.13. The second kappa shape index (κ2) is 16.0. The SMILES string of the molecule is CC[C@H]1C=C[C@@H](C)[C@H](C(=O)NCC2(C)CCC2)[C@@H]1NC(=O)c1cc(O[C@H]2CC[C@@](C)(C(=O)OCc3cccc4ccccc34)CC2)c(C#N)cc1OC. The quantitative estimate of drug-likeness (QED) is 0.143. The molecule has 3 aliphatic rings. The van der Waals surface area contributed by atoms with Crippen LogP contribution in [-0.4, -0.2) is 43.6 Å². The molecule has 2 fully saturated rings. The van der Waals surface area contributed by atoms with Crippen molar-refractivity contribution in [3.05, 3.63) is 83.4 Å². The fourth-order valence-corrected chi connectivity index (χ4v) is 8.30. The first-order chi connectivity index (χ1) is 25.5. The van der Waals surface area contributed by atoms with E-state index in [4.69, 9.17) is 14.2 Å². The molecular formula is C44H53N3O6. The minimum atomic E-state index is -0.659. The van der Waals surface area contributed by atoms with Gasteiger partial charge in [0, 0.05) is 18.7 Å². The molecule has 53 heavy (non-hydrogen) atoms. The lowest BCUT2D eigenvalue weighted by Gasteiger charge is -2.41. The molecule has 0 bridgehead atoms. The molecule has 6 rings (SSSR count). The van der Waals surface area contributed by atoms with E-state index < -0.39 is 23.3 Å². The summed E-state index contributed by atoms with van der Waals surface area (Å²) >= 11 is 0. The van der Waals surface area contributed by atoms with Crippen LogP contribution in [0.2, 0.25) is 0 Å². The molecule has 0 heterocycles. The smallest absolute Gasteiger partial charge is 0.312 e. The molecule has 4 atom stereocenters. The lowest BCUT2D eigenvalue weighted by atomic mass is 9.70. The second-order valence-electron chi connectivity index (χ2n) is 16.0. The van der Waals surface area contributed by atoms with E-state index in [0.717, 1.165) is 35.6 Å². The Morgan fingerprint density at radius 2 is 1.70 bits per heavy atom. The van der Waals surface area contributed by atoms with E-state index >= 15 is 0 Å². The Morgan fingerprint density at radius 3 is 2.38 bits per heavy atom. The van der Waals surface area contributed by atoms with Gasteiger partial charge in [-0.15, -0.1) is 0 Å². The van der Waals surface area contributed by atoms with Crippen molar-refractivity contribution in [1.29, 1.82) is 5.26 Å². The highest BCUT2D eigenvalue weighted by atomic mass is 16.5. The predicted molar refractivity (Wildman–Crippen MR) is 204 cm³/mol. The number of carbonyl (C=O) groups is 3. The molecule has 9 nitrogen and oxygen atoms in total. The minimum absolute atomic E-state index is 0.0273. The van der Waals surface area contributed by atoms with Crippen LogP contribution in [0.1, 0.15) is 101 Å². The highest BCUT2D eigenvalue weighted by Gasteiger charge is 2.42. The fraction of sp³-hybridized carbons (Fsp3) is 0.500. The van der Waals surface area contributed by atoms with Gasteiger partial charge in [0.05, 0.1) is 35.7 Å². The van der Waals surface area contributed by atoms with Gasteiger partial charge in [-0.25, -0.2) is 0 Å². The van der Waals surface area contributed by atoms with E-state index in [9.17, 15) is 19.6 Å². The second-order valence-corrected chi connectivity index (χ2v) is 16.0. The van der Waals surface area contributed by atoms with Gasteiger partial charge in [0.1, 0.15) is 24.2 Å². The third kappa shape index (κ3) is 8.22. The molecule has 2 saturated carbocycles. The van der Waals surface area contributed by atoms with Crippen LogP contribution in [0.3, 0.4) is 0 Å². The number of benzene rings is 3. The van der Waals surface area contributed by atoms with Crippen LogP contribution in [0.25, 0.3) is 10.8 Å². The maximum atomic E-state index is 14.1. The van der Waals surface area contributed by atoms with E-state index in [1.807, 2.05) is 56.3 Å². The van der Waals surface area contributed by atoms with Crippen LogP contribution >= 0.6 is 0 Å². The number of ether oxygens (including phenoxy) is 3. The number of rotatable bonds is 12. The monoisotopic (exact) mass is 719 g/mol. The van der Waals surface area contributed by atoms with E-state index in [-0.39, 0.29) is 64.5 Å². The van der Waals surface area contributed by atoms with Gasteiger partial charge >= 0.3 is 5.97 Å². The molecule has 0 spiro atoms. The molecule has 0 radical (unpaired) electrons. The van der Waals surface area contributed by atoms with Crippen molar-refractivity contribution in [2.24, 2.45) is 28.6 Å². The van der Waals surface area contributed by atoms with Crippen LogP contribution in [0.15, 0.2) is 66.7 Å². The molecule has 0 saturated heterocycles. The van der Waals surface area contributed by atoms with Gasteiger partial charge in [0.15, 0.2) is 0 Å². The van der Waals surface area contributed by atoms with Crippen molar-refractivity contribution in [3.63, 3.8) is 0 Å². The van der Waals surface area contributed by atoms with Gasteiger partial charge in [0.25, 0.3) is 5.91 Å². The largest absolute Gasteiger partial charge is 0.496 e. The zero-order valence-corrected chi connectivity index (χ0v) is 31.7. The summed E-state index contributed by atoms with van der Waals surface area (Å²) in [4.78, 5) is 41.2. The van der Waals surface area contributed by atoms with Gasteiger partial charge in [0.2, 0.25) is 5.91 Å². The van der Waals surface area contributed by atoms with Crippen LogP contribution in [0.5, 0.6) is 11.5 Å². The molecule has 0 aromatic heterocycles. The Bertz CT molecular complexity index is 1900. The van der Waals surface area contributed by atoms with Crippen LogP contribution in [0, 0.1) is 39.9 Å². The lowest BCUT2D eigenvalue weighted by Crippen LogP contribution is -2.55. The normalized spacial score (nSPS) is 26.1. The average molecular weight is 720 g/mol. The van der Waals surface area contributed by atoms with Crippen LogP contribution in [-0.2, 0) is 20.9 Å². The summed E-state index contributed by atoms with van der Waals surface area (Å²) in [7, 11) is 1.46. The molecule has 0 aliphatic heterocycles. The average Bonchev–Trinajstić information content (AvgIpc) is 3.16. The number of methoxy groups -OCH3 is 1. The van der Waals surface area contributed by atoms with E-state index in [0.29, 0.717) is 32.2 Å². The molecule has 3 aliphatic carbocycles. The lowest BCUT2D eigenvalue weighted by molar-refractivity contribution is -0.159. The van der Waals surface area contributed by atoms with E-state index in [1.165, 1.54) is 19.6 Å². The highest BCUT2D eigenvalue weighted by Crippen LogP contribution is 2.41. The van der Waals surface area contributed by atoms with E-state index in [1.54, 1.807) is 6.07 Å². The number of amides is 2. The summed E-state index contributed by atoms with van der Waals surface area (Å²) in [5.74, 6) is -0.653. The van der Waals surface area contributed by atoms with Crippen molar-refractivity contribution in [2.45, 2.75) is 97.8 Å². The first kappa shape index (κ1) is 37.9. The number of allylic oxidation sites excluding steroid dienone is 1. The van der Waals surface area contributed by atoms with Crippen molar-refractivity contribution >= 4 is 28.6 Å². The minimum Gasteiger partial charge on any atom is -0.496 e. The molecule has 9 heteroatoms. The topological polar surface area (TPSA) is 127 Å². The maximum Gasteiger partial charge on any atom is 0.312 e. The van der Waals surface area contributed by atoms with Crippen LogP contribution < -0.4 is 20.1 Å². The third-order valence-corrected chi connectivity index (χ3v) is 12.1. The predicted octanol–water partition coefficient (Wildman–Crippen LogP) is 8.04. The van der Waals surface area contributed by atoms with Crippen molar-refractivity contribution in [3.8, 4) is 17.6 Å². The van der Waals surface area contributed by atoms with Crippen molar-refractivity contribution in [2.75, 3.05) is 13.7 Å². The Kier molecular flexibility index (Phi) is 11.5. The summed E-state index contributed by atoms with van der Waals surface area (Å²) in [6.45, 7) is 9.07. The number of nitrogens with one attached hydrogen (secondary N) is 2. The number of fused-ring (bicyclic) bond motifs is 1. The number of nitriles is 1. The molecule has 3 aromatic rings. The zero-order chi connectivity index (χ0) is 37.8. The number of hydrogen-bond donors (Lipinski definition) is 2. The van der Waals surface area contributed by atoms with E-state index in [2.05, 4.69) is 42.7 Å². The summed E-state index contributed by atoms with van der Waals surface area (Å²) < 4.78 is 17.9. The highest BCUT2D eigenvalue weighted by molar-refractivity contribution is 5.98. The summed E-state index contributed by atoms with van der Waals surface area (Å²) in [5.41, 5.74) is 0.933.